The fourth-order valence-electron chi connectivity index (χ4n) is 1.59. The van der Waals surface area contributed by atoms with Gasteiger partial charge in [-0.1, -0.05) is 6.08 Å². The SMILES string of the molecule is Cc1ccsc1C1=CC(O)CC1. The number of allylic oxidation sites excluding steroid dienone is 1. The Morgan fingerprint density at radius 1 is 1.58 bits per heavy atom. The standard InChI is InChI=1S/C10H12OS/c1-7-4-5-12-10(7)8-2-3-9(11)6-8/h4-6,9,11H,2-3H2,1H3. The highest BCUT2D eigenvalue weighted by atomic mass is 32.1. The number of hydrogen-bond acceptors (Lipinski definition) is 2. The molecule has 1 aliphatic carbocycles. The average molecular weight is 180 g/mol. The summed E-state index contributed by atoms with van der Waals surface area (Å²) < 4.78 is 0. The maximum Gasteiger partial charge on any atom is 0.0730 e. The first-order chi connectivity index (χ1) is 5.77. The number of rotatable bonds is 1. The van der Waals surface area contributed by atoms with Crippen LogP contribution in [0, 0.1) is 6.92 Å². The second kappa shape index (κ2) is 3.04. The third-order valence-corrected chi connectivity index (χ3v) is 3.35. The Labute approximate surface area is 76.4 Å². The molecule has 0 amide bonds. The van der Waals surface area contributed by atoms with E-state index < -0.39 is 0 Å². The van der Waals surface area contributed by atoms with E-state index in [1.807, 2.05) is 6.08 Å². The molecule has 1 nitrogen and oxygen atoms in total. The lowest BCUT2D eigenvalue weighted by Crippen LogP contribution is -1.93. The lowest BCUT2D eigenvalue weighted by Gasteiger charge is -1.97. The van der Waals surface area contributed by atoms with Gasteiger partial charge in [-0.05, 0) is 42.3 Å². The number of aryl methyl sites for hydroxylation is 1. The van der Waals surface area contributed by atoms with E-state index in [0.29, 0.717) is 0 Å². The molecule has 1 aromatic heterocycles. The molecule has 1 N–H and O–H groups in total. The maximum absolute atomic E-state index is 9.32. The first-order valence-electron chi connectivity index (χ1n) is 4.20. The number of aliphatic hydroxyl groups excluding tert-OH is 1. The van der Waals surface area contributed by atoms with Gasteiger partial charge in [-0.25, -0.2) is 0 Å². The molecule has 0 bridgehead atoms. The molecule has 0 fully saturated rings. The molecular weight excluding hydrogens is 168 g/mol. The highest BCUT2D eigenvalue weighted by Crippen LogP contribution is 2.33. The smallest absolute Gasteiger partial charge is 0.0730 e. The van der Waals surface area contributed by atoms with Crippen molar-refractivity contribution < 1.29 is 5.11 Å². The summed E-state index contributed by atoms with van der Waals surface area (Å²) in [4.78, 5) is 1.35. The summed E-state index contributed by atoms with van der Waals surface area (Å²) in [5.74, 6) is 0. The number of aliphatic hydroxyl groups is 1. The van der Waals surface area contributed by atoms with Crippen LogP contribution in [0.15, 0.2) is 17.5 Å². The summed E-state index contributed by atoms with van der Waals surface area (Å²) in [5.41, 5.74) is 2.66. The zero-order valence-electron chi connectivity index (χ0n) is 7.08. The van der Waals surface area contributed by atoms with Crippen LogP contribution in [0.1, 0.15) is 23.3 Å². The van der Waals surface area contributed by atoms with Gasteiger partial charge in [-0.3, -0.25) is 0 Å². The van der Waals surface area contributed by atoms with Crippen molar-refractivity contribution in [3.63, 3.8) is 0 Å². The molecule has 2 rings (SSSR count). The van der Waals surface area contributed by atoms with Gasteiger partial charge in [0.1, 0.15) is 0 Å². The Morgan fingerprint density at radius 3 is 2.92 bits per heavy atom. The average Bonchev–Trinajstić information content (AvgIpc) is 2.58. The third-order valence-electron chi connectivity index (χ3n) is 2.26. The van der Waals surface area contributed by atoms with Crippen molar-refractivity contribution in [1.82, 2.24) is 0 Å². The van der Waals surface area contributed by atoms with Gasteiger partial charge in [0.2, 0.25) is 0 Å². The maximum atomic E-state index is 9.32. The predicted octanol–water partition coefficient (Wildman–Crippen LogP) is 2.59. The molecule has 1 unspecified atom stereocenters. The molecule has 64 valence electrons. The van der Waals surface area contributed by atoms with E-state index >= 15 is 0 Å². The summed E-state index contributed by atoms with van der Waals surface area (Å²) in [6.07, 6.45) is 3.70. The van der Waals surface area contributed by atoms with E-state index in [2.05, 4.69) is 18.4 Å². The van der Waals surface area contributed by atoms with Crippen molar-refractivity contribution in [2.24, 2.45) is 0 Å². The van der Waals surface area contributed by atoms with Gasteiger partial charge < -0.3 is 5.11 Å². The van der Waals surface area contributed by atoms with Crippen LogP contribution in [0.3, 0.4) is 0 Å². The highest BCUT2D eigenvalue weighted by Gasteiger charge is 2.16. The van der Waals surface area contributed by atoms with Gasteiger partial charge in [-0.15, -0.1) is 11.3 Å². The van der Waals surface area contributed by atoms with Crippen LogP contribution < -0.4 is 0 Å². The fourth-order valence-corrected chi connectivity index (χ4v) is 2.58. The van der Waals surface area contributed by atoms with E-state index in [1.165, 1.54) is 16.0 Å². The molecular formula is C10H12OS. The molecule has 1 heterocycles. The van der Waals surface area contributed by atoms with Crippen molar-refractivity contribution in [3.8, 4) is 0 Å². The Bertz CT molecular complexity index is 311. The minimum atomic E-state index is -0.207. The summed E-state index contributed by atoms with van der Waals surface area (Å²) in [6.45, 7) is 2.12. The zero-order valence-corrected chi connectivity index (χ0v) is 7.90. The molecule has 12 heavy (non-hydrogen) atoms. The Kier molecular flexibility index (Phi) is 2.03. The van der Waals surface area contributed by atoms with Crippen molar-refractivity contribution in [2.75, 3.05) is 0 Å². The quantitative estimate of drug-likeness (QED) is 0.704. The Hall–Kier alpha value is -0.600. The summed E-state index contributed by atoms with van der Waals surface area (Å²) in [5, 5.41) is 11.4. The predicted molar refractivity (Wildman–Crippen MR) is 52.3 cm³/mol. The van der Waals surface area contributed by atoms with Crippen LogP contribution in [0.4, 0.5) is 0 Å². The van der Waals surface area contributed by atoms with Crippen molar-refractivity contribution in [1.29, 1.82) is 0 Å². The van der Waals surface area contributed by atoms with E-state index in [1.54, 1.807) is 11.3 Å². The molecule has 0 spiro atoms. The lowest BCUT2D eigenvalue weighted by atomic mass is 10.1. The van der Waals surface area contributed by atoms with E-state index in [0.717, 1.165) is 12.8 Å². The largest absolute Gasteiger partial charge is 0.389 e. The molecule has 2 heteroatoms. The molecule has 0 aliphatic heterocycles. The second-order valence-electron chi connectivity index (χ2n) is 3.23. The Morgan fingerprint density at radius 2 is 2.42 bits per heavy atom. The van der Waals surface area contributed by atoms with Crippen molar-refractivity contribution in [3.05, 3.63) is 28.0 Å². The highest BCUT2D eigenvalue weighted by molar-refractivity contribution is 7.11. The molecule has 1 aliphatic rings. The lowest BCUT2D eigenvalue weighted by molar-refractivity contribution is 0.223. The van der Waals surface area contributed by atoms with E-state index in [9.17, 15) is 5.11 Å². The zero-order chi connectivity index (χ0) is 8.55. The molecule has 1 atom stereocenters. The monoisotopic (exact) mass is 180 g/mol. The van der Waals surface area contributed by atoms with Crippen LogP contribution in [-0.2, 0) is 0 Å². The normalized spacial score (nSPS) is 22.8. The minimum Gasteiger partial charge on any atom is -0.389 e. The van der Waals surface area contributed by atoms with Gasteiger partial charge in [-0.2, -0.15) is 0 Å². The minimum absolute atomic E-state index is 0.207. The second-order valence-corrected chi connectivity index (χ2v) is 4.15. The topological polar surface area (TPSA) is 20.2 Å². The summed E-state index contributed by atoms with van der Waals surface area (Å²) in [7, 11) is 0. The van der Waals surface area contributed by atoms with Gasteiger partial charge in [0, 0.05) is 4.88 Å². The van der Waals surface area contributed by atoms with Crippen molar-refractivity contribution >= 4 is 16.9 Å². The summed E-state index contributed by atoms with van der Waals surface area (Å²) in [6, 6.07) is 2.13. The van der Waals surface area contributed by atoms with Gasteiger partial charge >= 0.3 is 0 Å². The third kappa shape index (κ3) is 1.32. The summed E-state index contributed by atoms with van der Waals surface area (Å²) >= 11 is 1.77. The first kappa shape index (κ1) is 8.02. The van der Waals surface area contributed by atoms with Crippen molar-refractivity contribution in [2.45, 2.75) is 25.9 Å². The molecule has 1 aromatic rings. The Balaban J connectivity index is 2.32. The van der Waals surface area contributed by atoms with Crippen LogP contribution >= 0.6 is 11.3 Å². The van der Waals surface area contributed by atoms with Crippen LogP contribution in [0.5, 0.6) is 0 Å². The van der Waals surface area contributed by atoms with Crippen LogP contribution in [0.25, 0.3) is 5.57 Å². The van der Waals surface area contributed by atoms with E-state index in [4.69, 9.17) is 0 Å². The van der Waals surface area contributed by atoms with E-state index in [-0.39, 0.29) is 6.10 Å². The van der Waals surface area contributed by atoms with Gasteiger partial charge in [0.15, 0.2) is 0 Å². The first-order valence-corrected chi connectivity index (χ1v) is 5.08. The molecule has 0 saturated carbocycles. The van der Waals surface area contributed by atoms with Crippen LogP contribution in [-0.4, -0.2) is 11.2 Å². The molecule has 0 aromatic carbocycles. The van der Waals surface area contributed by atoms with Gasteiger partial charge in [0.25, 0.3) is 0 Å². The number of thiophene rings is 1. The number of hydrogen-bond donors (Lipinski definition) is 1. The molecule has 0 saturated heterocycles. The fraction of sp³-hybridized carbons (Fsp3) is 0.400. The molecule has 0 radical (unpaired) electrons. The van der Waals surface area contributed by atoms with Gasteiger partial charge in [0.05, 0.1) is 6.10 Å². The van der Waals surface area contributed by atoms with Crippen LogP contribution in [0.2, 0.25) is 0 Å².